The van der Waals surface area contributed by atoms with Gasteiger partial charge in [0, 0.05) is 18.8 Å². The minimum atomic E-state index is -0.628. The van der Waals surface area contributed by atoms with Gasteiger partial charge in [0.05, 0.1) is 12.7 Å². The average molecular weight is 425 g/mol. The van der Waals surface area contributed by atoms with Crippen LogP contribution in [0.25, 0.3) is 0 Å². The van der Waals surface area contributed by atoms with Crippen LogP contribution in [0.15, 0.2) is 42.6 Å². The Labute approximate surface area is 177 Å². The molecule has 0 aliphatic carbocycles. The van der Waals surface area contributed by atoms with Gasteiger partial charge in [-0.3, -0.25) is 4.79 Å². The molecule has 11 heteroatoms. The molecule has 4 N–H and O–H groups in total. The third-order valence-corrected chi connectivity index (χ3v) is 4.24. The monoisotopic (exact) mass is 425 g/mol. The molecule has 1 aliphatic heterocycles. The van der Waals surface area contributed by atoms with Gasteiger partial charge in [0.1, 0.15) is 18.2 Å². The lowest BCUT2D eigenvalue weighted by Gasteiger charge is -2.18. The first kappa shape index (κ1) is 20.1. The van der Waals surface area contributed by atoms with Gasteiger partial charge in [-0.1, -0.05) is 6.07 Å². The fraction of sp³-hybridized carbons (Fsp3) is 0.200. The van der Waals surface area contributed by atoms with Gasteiger partial charge in [0.25, 0.3) is 5.91 Å². The van der Waals surface area contributed by atoms with Crippen LogP contribution in [0.5, 0.6) is 11.5 Å². The van der Waals surface area contributed by atoms with E-state index >= 15 is 0 Å². The maximum absolute atomic E-state index is 14.3. The zero-order valence-corrected chi connectivity index (χ0v) is 16.6. The Bertz CT molecular complexity index is 1100. The largest absolute Gasteiger partial charge is 0.488 e. The summed E-state index contributed by atoms with van der Waals surface area (Å²) in [5, 5.41) is 11.4. The van der Waals surface area contributed by atoms with E-state index in [0.717, 1.165) is 6.20 Å². The summed E-state index contributed by atoms with van der Waals surface area (Å²) in [4.78, 5) is 23.9. The molecule has 0 bridgehead atoms. The highest BCUT2D eigenvalue weighted by molar-refractivity contribution is 5.77. The highest BCUT2D eigenvalue weighted by Gasteiger charge is 2.14. The summed E-state index contributed by atoms with van der Waals surface area (Å²) in [6.45, 7) is 1.11. The van der Waals surface area contributed by atoms with Crippen LogP contribution >= 0.6 is 0 Å². The number of pyridine rings is 1. The summed E-state index contributed by atoms with van der Waals surface area (Å²) in [6, 6.07) is 10.3. The number of likely N-dealkylation sites (N-methyl/N-ethyl adjacent to an activating group) is 1. The zero-order valence-electron chi connectivity index (χ0n) is 16.6. The fourth-order valence-electron chi connectivity index (χ4n) is 2.74. The van der Waals surface area contributed by atoms with Gasteiger partial charge in [-0.25, -0.2) is 14.4 Å². The number of carbonyl (C=O) groups is 1. The third kappa shape index (κ3) is 5.07. The van der Waals surface area contributed by atoms with Crippen LogP contribution in [-0.2, 0) is 4.79 Å². The molecule has 0 radical (unpaired) electrons. The number of anilines is 5. The number of hydrogen-bond donors (Lipinski definition) is 4. The van der Waals surface area contributed by atoms with E-state index in [1.54, 1.807) is 36.4 Å². The lowest BCUT2D eigenvalue weighted by atomic mass is 10.3. The van der Waals surface area contributed by atoms with Crippen LogP contribution in [0, 0.1) is 5.82 Å². The number of fused-ring (bicyclic) bond motifs is 1. The van der Waals surface area contributed by atoms with E-state index in [2.05, 4.69) is 36.2 Å². The summed E-state index contributed by atoms with van der Waals surface area (Å²) < 4.78 is 25.2. The molecule has 3 heterocycles. The van der Waals surface area contributed by atoms with Gasteiger partial charge in [-0.05, 0) is 24.3 Å². The van der Waals surface area contributed by atoms with Crippen LogP contribution in [0.1, 0.15) is 0 Å². The minimum absolute atomic E-state index is 0.0336. The summed E-state index contributed by atoms with van der Waals surface area (Å²) in [6.07, 6.45) is 1.06. The average Bonchev–Trinajstić information content (AvgIpc) is 2.80. The molecule has 4 rings (SSSR count). The third-order valence-electron chi connectivity index (χ3n) is 4.24. The van der Waals surface area contributed by atoms with Crippen molar-refractivity contribution in [1.29, 1.82) is 0 Å². The van der Waals surface area contributed by atoms with Crippen molar-refractivity contribution in [3.05, 3.63) is 48.4 Å². The number of halogens is 1. The Kier molecular flexibility index (Phi) is 5.92. The molecule has 0 saturated carbocycles. The molecule has 1 aliphatic rings. The van der Waals surface area contributed by atoms with Gasteiger partial charge >= 0.3 is 0 Å². The highest BCUT2D eigenvalue weighted by Crippen LogP contribution is 2.28. The molecule has 1 amide bonds. The molecule has 1 aromatic carbocycles. The van der Waals surface area contributed by atoms with Gasteiger partial charge in [-0.2, -0.15) is 4.98 Å². The second-order valence-corrected chi connectivity index (χ2v) is 6.45. The van der Waals surface area contributed by atoms with Crippen LogP contribution in [0.3, 0.4) is 0 Å². The second kappa shape index (κ2) is 9.11. The number of aromatic nitrogens is 3. The summed E-state index contributed by atoms with van der Waals surface area (Å²) in [7, 11) is 1.53. The Morgan fingerprint density at radius 3 is 3.03 bits per heavy atom. The van der Waals surface area contributed by atoms with E-state index in [9.17, 15) is 9.18 Å². The van der Waals surface area contributed by atoms with Gasteiger partial charge in [0.2, 0.25) is 5.95 Å². The predicted octanol–water partition coefficient (Wildman–Crippen LogP) is 2.43. The molecule has 2 aromatic heterocycles. The normalized spacial score (nSPS) is 12.1. The van der Waals surface area contributed by atoms with Crippen LogP contribution < -0.4 is 30.7 Å². The van der Waals surface area contributed by atoms with E-state index in [4.69, 9.17) is 9.47 Å². The number of rotatable bonds is 7. The fourth-order valence-corrected chi connectivity index (χ4v) is 2.74. The van der Waals surface area contributed by atoms with Crippen molar-refractivity contribution in [2.75, 3.05) is 42.8 Å². The quantitative estimate of drug-likeness (QED) is 0.452. The van der Waals surface area contributed by atoms with Crippen LogP contribution in [0.4, 0.5) is 33.5 Å². The van der Waals surface area contributed by atoms with Crippen molar-refractivity contribution in [3.8, 4) is 11.5 Å². The van der Waals surface area contributed by atoms with Crippen LogP contribution in [-0.4, -0.2) is 47.7 Å². The Hall–Kier alpha value is -4.15. The molecule has 10 nitrogen and oxygen atoms in total. The highest BCUT2D eigenvalue weighted by atomic mass is 19.1. The molecule has 0 saturated heterocycles. The van der Waals surface area contributed by atoms with Crippen molar-refractivity contribution in [2.24, 2.45) is 0 Å². The SMILES string of the molecule is CNC(=O)COc1cccc(Nc2ncc(F)c(Nc3ccc4c(n3)NCCO4)n2)c1. The molecule has 31 heavy (non-hydrogen) atoms. The second-order valence-electron chi connectivity index (χ2n) is 6.45. The molecular weight excluding hydrogens is 405 g/mol. The summed E-state index contributed by atoms with van der Waals surface area (Å²) in [5.41, 5.74) is 0.611. The van der Waals surface area contributed by atoms with Crippen LogP contribution in [0.2, 0.25) is 0 Å². The number of hydrogen-bond acceptors (Lipinski definition) is 9. The minimum Gasteiger partial charge on any atom is -0.488 e. The Morgan fingerprint density at radius 1 is 1.26 bits per heavy atom. The lowest BCUT2D eigenvalue weighted by molar-refractivity contribution is -0.122. The van der Waals surface area contributed by atoms with E-state index in [1.807, 2.05) is 0 Å². The standard InChI is InChI=1S/C20H20FN7O3/c1-22-17(29)11-31-13-4-2-3-12(9-13)25-20-24-10-14(21)18(28-20)26-16-6-5-15-19(27-16)23-7-8-30-15/h2-6,9-10H,7-8,11H2,1H3,(H,22,29)(H3,23,24,25,26,27,28). The molecule has 0 spiro atoms. The number of ether oxygens (including phenoxy) is 2. The smallest absolute Gasteiger partial charge is 0.257 e. The maximum atomic E-state index is 14.3. The number of nitrogens with one attached hydrogen (secondary N) is 4. The zero-order chi connectivity index (χ0) is 21.6. The molecule has 3 aromatic rings. The first-order valence-corrected chi connectivity index (χ1v) is 9.48. The first-order chi connectivity index (χ1) is 15.1. The number of nitrogens with zero attached hydrogens (tertiary/aromatic N) is 3. The van der Waals surface area contributed by atoms with Crippen molar-refractivity contribution >= 4 is 35.0 Å². The Balaban J connectivity index is 1.47. The van der Waals surface area contributed by atoms with Crippen molar-refractivity contribution in [1.82, 2.24) is 20.3 Å². The van der Waals surface area contributed by atoms with E-state index in [-0.39, 0.29) is 24.3 Å². The van der Waals surface area contributed by atoms with Crippen molar-refractivity contribution in [3.63, 3.8) is 0 Å². The maximum Gasteiger partial charge on any atom is 0.257 e. The van der Waals surface area contributed by atoms with Crippen molar-refractivity contribution < 1.29 is 18.7 Å². The van der Waals surface area contributed by atoms with Gasteiger partial charge < -0.3 is 30.7 Å². The van der Waals surface area contributed by atoms with Crippen molar-refractivity contribution in [2.45, 2.75) is 0 Å². The van der Waals surface area contributed by atoms with E-state index in [1.165, 1.54) is 7.05 Å². The molecular formula is C20H20FN7O3. The molecule has 0 unspecified atom stereocenters. The van der Waals surface area contributed by atoms with Gasteiger partial charge in [-0.15, -0.1) is 0 Å². The number of benzene rings is 1. The first-order valence-electron chi connectivity index (χ1n) is 9.48. The summed E-state index contributed by atoms with van der Waals surface area (Å²) in [5.74, 6) is 1.39. The lowest BCUT2D eigenvalue weighted by Crippen LogP contribution is -2.24. The van der Waals surface area contributed by atoms with E-state index in [0.29, 0.717) is 42.0 Å². The molecule has 160 valence electrons. The molecule has 0 atom stereocenters. The van der Waals surface area contributed by atoms with E-state index < -0.39 is 5.82 Å². The number of amides is 1. The topological polar surface area (TPSA) is 122 Å². The summed E-state index contributed by atoms with van der Waals surface area (Å²) >= 11 is 0. The predicted molar refractivity (Wildman–Crippen MR) is 113 cm³/mol. The Morgan fingerprint density at radius 2 is 2.16 bits per heavy atom. The number of carbonyl (C=O) groups excluding carboxylic acids is 1. The molecule has 0 fully saturated rings. The van der Waals surface area contributed by atoms with Gasteiger partial charge in [0.15, 0.2) is 29.8 Å².